The van der Waals surface area contributed by atoms with Gasteiger partial charge in [0, 0.05) is 19.3 Å². The van der Waals surface area contributed by atoms with Crippen LogP contribution in [0.5, 0.6) is 0 Å². The van der Waals surface area contributed by atoms with Crippen molar-refractivity contribution >= 4 is 11.9 Å². The second kappa shape index (κ2) is 20.0. The molecule has 0 rings (SSSR count). The van der Waals surface area contributed by atoms with Gasteiger partial charge in [-0.25, -0.2) is 0 Å². The Balaban J connectivity index is 4.40. The molecule has 1 unspecified atom stereocenters. The van der Waals surface area contributed by atoms with E-state index in [1.54, 1.807) is 0 Å². The molecule has 0 radical (unpaired) electrons. The number of allylic oxidation sites excluding steroid dienone is 2. The number of carboxylic acid groups (broad SMARTS) is 1. The molecule has 0 heterocycles. The highest BCUT2D eigenvalue weighted by Gasteiger charge is 2.17. The fraction of sp³-hybridized carbons (Fsp3) is 0.760. The van der Waals surface area contributed by atoms with Crippen molar-refractivity contribution in [3.63, 3.8) is 0 Å². The number of carbonyl (C=O) groups is 2. The molecule has 6 nitrogen and oxygen atoms in total. The molecule has 0 spiro atoms. The van der Waals surface area contributed by atoms with Crippen LogP contribution in [0.1, 0.15) is 104 Å². The molecule has 0 saturated carbocycles. The van der Waals surface area contributed by atoms with Crippen LogP contribution in [0.25, 0.3) is 0 Å². The largest absolute Gasteiger partial charge is 0.495 e. The van der Waals surface area contributed by atoms with Crippen molar-refractivity contribution in [2.24, 2.45) is 0 Å². The molecule has 0 fully saturated rings. The second-order valence-electron chi connectivity index (χ2n) is 8.03. The van der Waals surface area contributed by atoms with Crippen LogP contribution in [0.15, 0.2) is 24.7 Å². The number of carbonyl (C=O) groups excluding carboxylic acids is 1. The number of ether oxygens (including phenoxy) is 3. The zero-order valence-electron chi connectivity index (χ0n) is 19.8. The van der Waals surface area contributed by atoms with Gasteiger partial charge in [0.05, 0.1) is 17.9 Å². The van der Waals surface area contributed by atoms with Gasteiger partial charge < -0.3 is 19.3 Å². The van der Waals surface area contributed by atoms with Crippen molar-refractivity contribution in [1.82, 2.24) is 0 Å². The Hall–Kier alpha value is -1.98. The minimum atomic E-state index is -0.908. The summed E-state index contributed by atoms with van der Waals surface area (Å²) >= 11 is 0. The Morgan fingerprint density at radius 1 is 0.710 bits per heavy atom. The maximum absolute atomic E-state index is 12.2. The lowest BCUT2D eigenvalue weighted by atomic mass is 10.1. The zero-order chi connectivity index (χ0) is 23.3. The molecule has 0 aromatic heterocycles. The zero-order valence-corrected chi connectivity index (χ0v) is 19.8. The summed E-state index contributed by atoms with van der Waals surface area (Å²) in [5.74, 6) is -0.135. The number of unbranched alkanes of at least 4 members (excludes halogenated alkanes) is 8. The topological polar surface area (TPSA) is 82.1 Å². The van der Waals surface area contributed by atoms with Crippen LogP contribution >= 0.6 is 0 Å². The van der Waals surface area contributed by atoms with Gasteiger partial charge in [0.15, 0.2) is 6.10 Å². The number of aliphatic carboxylic acids is 1. The fourth-order valence-electron chi connectivity index (χ4n) is 2.97. The lowest BCUT2D eigenvalue weighted by molar-refractivity contribution is -0.154. The molecule has 6 heteroatoms. The van der Waals surface area contributed by atoms with Crippen LogP contribution < -0.4 is 0 Å². The van der Waals surface area contributed by atoms with E-state index >= 15 is 0 Å². The maximum atomic E-state index is 12.2. The highest BCUT2D eigenvalue weighted by atomic mass is 16.6. The van der Waals surface area contributed by atoms with E-state index in [4.69, 9.17) is 19.3 Å². The smallest absolute Gasteiger partial charge is 0.306 e. The Morgan fingerprint density at radius 3 is 1.71 bits per heavy atom. The number of carboxylic acids is 1. The monoisotopic (exact) mass is 440 g/mol. The van der Waals surface area contributed by atoms with Crippen molar-refractivity contribution in [3.8, 4) is 0 Å². The molecule has 0 saturated heterocycles. The van der Waals surface area contributed by atoms with E-state index in [9.17, 15) is 9.59 Å². The number of hydrogen-bond donors (Lipinski definition) is 1. The first-order chi connectivity index (χ1) is 14.9. The van der Waals surface area contributed by atoms with E-state index in [2.05, 4.69) is 27.0 Å². The molecule has 0 aliphatic rings. The molecule has 1 atom stereocenters. The van der Waals surface area contributed by atoms with Crippen LogP contribution in [0.3, 0.4) is 0 Å². The third-order valence-electron chi connectivity index (χ3n) is 4.91. The van der Waals surface area contributed by atoms with Gasteiger partial charge >= 0.3 is 11.9 Å². The van der Waals surface area contributed by atoms with E-state index in [-0.39, 0.29) is 32.0 Å². The highest BCUT2D eigenvalue weighted by molar-refractivity contribution is 5.69. The third-order valence-corrected chi connectivity index (χ3v) is 4.91. The SMILES string of the molecule is C=C(CCCCCCC)OCC(COC(=C)CCC(=O)O)OC(=O)CCCCCCC. The van der Waals surface area contributed by atoms with E-state index in [1.807, 2.05) is 0 Å². The third kappa shape index (κ3) is 19.7. The van der Waals surface area contributed by atoms with Crippen LogP contribution in [-0.2, 0) is 23.8 Å². The van der Waals surface area contributed by atoms with Crippen LogP contribution in [0.4, 0.5) is 0 Å². The van der Waals surface area contributed by atoms with E-state index in [0.29, 0.717) is 17.9 Å². The minimum absolute atomic E-state index is 0.0492. The first-order valence-corrected chi connectivity index (χ1v) is 11.9. The number of esters is 1. The summed E-state index contributed by atoms with van der Waals surface area (Å²) in [6, 6.07) is 0. The first-order valence-electron chi connectivity index (χ1n) is 11.9. The minimum Gasteiger partial charge on any atom is -0.495 e. The first kappa shape index (κ1) is 29.0. The molecule has 0 bridgehead atoms. The Bertz CT molecular complexity index is 514. The Kier molecular flexibility index (Phi) is 18.7. The van der Waals surface area contributed by atoms with E-state index in [0.717, 1.165) is 44.9 Å². The van der Waals surface area contributed by atoms with Gasteiger partial charge in [-0.15, -0.1) is 0 Å². The molecular weight excluding hydrogens is 396 g/mol. The molecule has 1 N–H and O–H groups in total. The molecular formula is C25H44O6. The van der Waals surface area contributed by atoms with Crippen molar-refractivity contribution in [2.45, 2.75) is 110 Å². The summed E-state index contributed by atoms with van der Waals surface area (Å²) in [7, 11) is 0. The van der Waals surface area contributed by atoms with Gasteiger partial charge in [-0.2, -0.15) is 0 Å². The van der Waals surface area contributed by atoms with Crippen molar-refractivity contribution in [2.75, 3.05) is 13.2 Å². The fourth-order valence-corrected chi connectivity index (χ4v) is 2.97. The van der Waals surface area contributed by atoms with Crippen molar-refractivity contribution < 1.29 is 28.9 Å². The van der Waals surface area contributed by atoms with E-state index < -0.39 is 12.1 Å². The highest BCUT2D eigenvalue weighted by Crippen LogP contribution is 2.14. The standard InChI is InChI=1S/C25H44O6/c1-5-7-9-11-13-15-21(3)29-19-23(20-30-22(4)17-18-24(26)27)31-25(28)16-14-12-10-8-6-2/h23H,3-20H2,1-2H3,(H,26,27). The van der Waals surface area contributed by atoms with Crippen molar-refractivity contribution in [3.05, 3.63) is 24.7 Å². The molecule has 0 aromatic carbocycles. The van der Waals surface area contributed by atoms with Crippen LogP contribution in [0.2, 0.25) is 0 Å². The Labute approximate surface area is 189 Å². The number of hydrogen-bond acceptors (Lipinski definition) is 5. The molecule has 31 heavy (non-hydrogen) atoms. The molecule has 0 aliphatic carbocycles. The molecule has 0 aromatic rings. The summed E-state index contributed by atoms with van der Waals surface area (Å²) in [4.78, 5) is 22.9. The number of rotatable bonds is 22. The molecule has 0 aliphatic heterocycles. The lowest BCUT2D eigenvalue weighted by Gasteiger charge is -2.20. The molecule has 0 amide bonds. The second-order valence-corrected chi connectivity index (χ2v) is 8.03. The summed E-state index contributed by atoms with van der Waals surface area (Å²) in [6.07, 6.45) is 11.9. The predicted molar refractivity (Wildman–Crippen MR) is 124 cm³/mol. The average Bonchev–Trinajstić information content (AvgIpc) is 2.73. The van der Waals surface area contributed by atoms with Gasteiger partial charge in [-0.1, -0.05) is 78.4 Å². The van der Waals surface area contributed by atoms with Gasteiger partial charge in [-0.3, -0.25) is 9.59 Å². The summed E-state index contributed by atoms with van der Waals surface area (Å²) in [6.45, 7) is 12.3. The normalized spacial score (nSPS) is 11.5. The Morgan fingerprint density at radius 2 is 1.19 bits per heavy atom. The molecule has 180 valence electrons. The summed E-state index contributed by atoms with van der Waals surface area (Å²) < 4.78 is 16.8. The van der Waals surface area contributed by atoms with Gasteiger partial charge in [0.25, 0.3) is 0 Å². The van der Waals surface area contributed by atoms with Gasteiger partial charge in [0.2, 0.25) is 0 Å². The van der Waals surface area contributed by atoms with E-state index in [1.165, 1.54) is 25.7 Å². The van der Waals surface area contributed by atoms with Crippen molar-refractivity contribution in [1.29, 1.82) is 0 Å². The van der Waals surface area contributed by atoms with Gasteiger partial charge in [-0.05, 0) is 12.8 Å². The quantitative estimate of drug-likeness (QED) is 0.117. The summed E-state index contributed by atoms with van der Waals surface area (Å²) in [5, 5.41) is 8.76. The predicted octanol–water partition coefficient (Wildman–Crippen LogP) is 6.54. The average molecular weight is 441 g/mol. The van der Waals surface area contributed by atoms with Crippen LogP contribution in [-0.4, -0.2) is 36.4 Å². The van der Waals surface area contributed by atoms with Gasteiger partial charge in [0.1, 0.15) is 13.2 Å². The lowest BCUT2D eigenvalue weighted by Crippen LogP contribution is -2.28. The maximum Gasteiger partial charge on any atom is 0.306 e. The van der Waals surface area contributed by atoms with Crippen LogP contribution in [0, 0.1) is 0 Å². The summed E-state index contributed by atoms with van der Waals surface area (Å²) in [5.41, 5.74) is 0.